The van der Waals surface area contributed by atoms with Gasteiger partial charge in [-0.1, -0.05) is 23.4 Å². The predicted octanol–water partition coefficient (Wildman–Crippen LogP) is 2.13. The molecule has 0 aliphatic carbocycles. The summed E-state index contributed by atoms with van der Waals surface area (Å²) in [7, 11) is 1.58. The van der Waals surface area contributed by atoms with Crippen molar-refractivity contribution in [2.45, 2.75) is 0 Å². The minimum absolute atomic E-state index is 0.212. The molecular weight excluding hydrogens is 242 g/mol. The summed E-state index contributed by atoms with van der Waals surface area (Å²) in [6.07, 6.45) is 0. The number of carbonyl (C=O) groups excluding carboxylic acids is 1. The lowest BCUT2D eigenvalue weighted by Gasteiger charge is -2.02. The SMILES string of the molecule is COc1ccc2nnn(C(=O)c3ccccc3)c2c1. The summed E-state index contributed by atoms with van der Waals surface area (Å²) in [5.74, 6) is 0.452. The van der Waals surface area contributed by atoms with Crippen molar-refractivity contribution in [3.63, 3.8) is 0 Å². The van der Waals surface area contributed by atoms with Crippen molar-refractivity contribution in [3.05, 3.63) is 54.1 Å². The molecule has 5 heteroatoms. The van der Waals surface area contributed by atoms with Gasteiger partial charge >= 0.3 is 0 Å². The number of carbonyl (C=O) groups is 1. The van der Waals surface area contributed by atoms with E-state index in [4.69, 9.17) is 4.74 Å². The van der Waals surface area contributed by atoms with Crippen molar-refractivity contribution in [1.82, 2.24) is 15.0 Å². The van der Waals surface area contributed by atoms with Gasteiger partial charge in [0.2, 0.25) is 0 Å². The van der Waals surface area contributed by atoms with Crippen LogP contribution in [-0.4, -0.2) is 28.0 Å². The van der Waals surface area contributed by atoms with Crippen molar-refractivity contribution in [2.75, 3.05) is 7.11 Å². The Morgan fingerprint density at radius 3 is 2.68 bits per heavy atom. The zero-order chi connectivity index (χ0) is 13.2. The Morgan fingerprint density at radius 2 is 1.95 bits per heavy atom. The maximum absolute atomic E-state index is 12.3. The summed E-state index contributed by atoms with van der Waals surface area (Å²) < 4.78 is 6.44. The molecular formula is C14H11N3O2. The van der Waals surface area contributed by atoms with E-state index in [-0.39, 0.29) is 5.91 Å². The highest BCUT2D eigenvalue weighted by molar-refractivity contribution is 6.00. The van der Waals surface area contributed by atoms with E-state index < -0.39 is 0 Å². The minimum Gasteiger partial charge on any atom is -0.497 e. The number of hydrogen-bond donors (Lipinski definition) is 0. The highest BCUT2D eigenvalue weighted by Crippen LogP contribution is 2.19. The normalized spacial score (nSPS) is 10.6. The second kappa shape index (κ2) is 4.53. The largest absolute Gasteiger partial charge is 0.497 e. The number of aromatic nitrogens is 3. The highest BCUT2D eigenvalue weighted by Gasteiger charge is 2.14. The number of fused-ring (bicyclic) bond motifs is 1. The van der Waals surface area contributed by atoms with Crippen LogP contribution in [0.25, 0.3) is 11.0 Å². The number of methoxy groups -OCH3 is 1. The lowest BCUT2D eigenvalue weighted by molar-refractivity contribution is 0.0948. The summed E-state index contributed by atoms with van der Waals surface area (Å²) in [6.45, 7) is 0. The first-order valence-corrected chi connectivity index (χ1v) is 5.79. The van der Waals surface area contributed by atoms with Crippen molar-refractivity contribution in [1.29, 1.82) is 0 Å². The molecule has 0 unspecified atom stereocenters. The van der Waals surface area contributed by atoms with E-state index in [1.807, 2.05) is 18.2 Å². The molecule has 2 aromatic carbocycles. The molecule has 0 bridgehead atoms. The molecule has 19 heavy (non-hydrogen) atoms. The minimum atomic E-state index is -0.212. The van der Waals surface area contributed by atoms with Crippen molar-refractivity contribution >= 4 is 16.9 Å². The van der Waals surface area contributed by atoms with Crippen LogP contribution in [-0.2, 0) is 0 Å². The van der Waals surface area contributed by atoms with Gasteiger partial charge in [0.15, 0.2) is 0 Å². The van der Waals surface area contributed by atoms with Crippen LogP contribution in [0.5, 0.6) is 5.75 Å². The number of benzene rings is 2. The van der Waals surface area contributed by atoms with Crippen LogP contribution in [0.3, 0.4) is 0 Å². The lowest BCUT2D eigenvalue weighted by Crippen LogP contribution is -2.13. The summed E-state index contributed by atoms with van der Waals surface area (Å²) in [6, 6.07) is 14.3. The molecule has 94 valence electrons. The van der Waals surface area contributed by atoms with Crippen LogP contribution in [0.1, 0.15) is 10.4 Å². The Hall–Kier alpha value is -2.69. The standard InChI is InChI=1S/C14H11N3O2/c1-19-11-7-8-12-13(9-11)17(16-15-12)14(18)10-5-3-2-4-6-10/h2-9H,1H3. The van der Waals surface area contributed by atoms with Crippen molar-refractivity contribution in [2.24, 2.45) is 0 Å². The Bertz CT molecular complexity index is 735. The molecule has 0 spiro atoms. The second-order valence-electron chi connectivity index (χ2n) is 4.03. The van der Waals surface area contributed by atoms with Crippen LogP contribution in [0.2, 0.25) is 0 Å². The molecule has 0 aliphatic rings. The molecule has 1 aromatic heterocycles. The van der Waals surface area contributed by atoms with Gasteiger partial charge in [-0.25, -0.2) is 0 Å². The fraction of sp³-hybridized carbons (Fsp3) is 0.0714. The molecule has 0 N–H and O–H groups in total. The predicted molar refractivity (Wildman–Crippen MR) is 70.3 cm³/mol. The molecule has 0 fully saturated rings. The molecule has 0 saturated heterocycles. The average Bonchev–Trinajstić information content (AvgIpc) is 2.90. The lowest BCUT2D eigenvalue weighted by atomic mass is 10.2. The Morgan fingerprint density at radius 1 is 1.16 bits per heavy atom. The topological polar surface area (TPSA) is 57.0 Å². The van der Waals surface area contributed by atoms with Gasteiger partial charge in [-0.3, -0.25) is 4.79 Å². The van der Waals surface area contributed by atoms with E-state index in [1.54, 1.807) is 37.4 Å². The smallest absolute Gasteiger partial charge is 0.280 e. The fourth-order valence-corrected chi connectivity index (χ4v) is 1.88. The third-order valence-corrected chi connectivity index (χ3v) is 2.87. The highest BCUT2D eigenvalue weighted by atomic mass is 16.5. The Balaban J connectivity index is 2.12. The van der Waals surface area contributed by atoms with Crippen LogP contribution in [0, 0.1) is 0 Å². The van der Waals surface area contributed by atoms with Crippen LogP contribution in [0.15, 0.2) is 48.5 Å². The van der Waals surface area contributed by atoms with E-state index in [0.29, 0.717) is 22.3 Å². The van der Waals surface area contributed by atoms with Gasteiger partial charge in [0.05, 0.1) is 7.11 Å². The zero-order valence-electron chi connectivity index (χ0n) is 10.3. The van der Waals surface area contributed by atoms with Gasteiger partial charge in [-0.15, -0.1) is 5.10 Å². The Kier molecular flexibility index (Phi) is 2.72. The zero-order valence-corrected chi connectivity index (χ0v) is 10.3. The number of nitrogens with zero attached hydrogens (tertiary/aromatic N) is 3. The van der Waals surface area contributed by atoms with Gasteiger partial charge in [0.1, 0.15) is 16.8 Å². The third-order valence-electron chi connectivity index (χ3n) is 2.87. The van der Waals surface area contributed by atoms with E-state index in [0.717, 1.165) is 0 Å². The second-order valence-corrected chi connectivity index (χ2v) is 4.03. The molecule has 3 aromatic rings. The molecule has 1 heterocycles. The fourth-order valence-electron chi connectivity index (χ4n) is 1.88. The first-order valence-electron chi connectivity index (χ1n) is 5.79. The van der Waals surface area contributed by atoms with Gasteiger partial charge in [0.25, 0.3) is 5.91 Å². The molecule has 0 amide bonds. The molecule has 0 radical (unpaired) electrons. The maximum atomic E-state index is 12.3. The van der Waals surface area contributed by atoms with Crippen LogP contribution >= 0.6 is 0 Å². The molecule has 0 atom stereocenters. The first-order chi connectivity index (χ1) is 9.29. The van der Waals surface area contributed by atoms with E-state index >= 15 is 0 Å². The summed E-state index contributed by atoms with van der Waals surface area (Å²) in [5.41, 5.74) is 1.86. The van der Waals surface area contributed by atoms with Crippen LogP contribution in [0.4, 0.5) is 0 Å². The van der Waals surface area contributed by atoms with Gasteiger partial charge < -0.3 is 4.74 Å². The monoisotopic (exact) mass is 253 g/mol. The average molecular weight is 253 g/mol. The molecule has 0 aliphatic heterocycles. The maximum Gasteiger partial charge on any atom is 0.280 e. The van der Waals surface area contributed by atoms with Gasteiger partial charge in [0, 0.05) is 11.6 Å². The van der Waals surface area contributed by atoms with E-state index in [2.05, 4.69) is 10.3 Å². The summed E-state index contributed by atoms with van der Waals surface area (Å²) >= 11 is 0. The quantitative estimate of drug-likeness (QED) is 0.702. The number of rotatable bonds is 2. The van der Waals surface area contributed by atoms with Gasteiger partial charge in [-0.05, 0) is 24.3 Å². The summed E-state index contributed by atoms with van der Waals surface area (Å²) in [5, 5.41) is 7.89. The molecule has 0 saturated carbocycles. The molecule has 5 nitrogen and oxygen atoms in total. The first kappa shape index (κ1) is 11.4. The van der Waals surface area contributed by atoms with Crippen molar-refractivity contribution in [3.8, 4) is 5.75 Å². The number of hydrogen-bond acceptors (Lipinski definition) is 4. The van der Waals surface area contributed by atoms with Crippen molar-refractivity contribution < 1.29 is 9.53 Å². The third kappa shape index (κ3) is 1.95. The summed E-state index contributed by atoms with van der Waals surface area (Å²) in [4.78, 5) is 12.3. The Labute approximate surface area is 109 Å². The van der Waals surface area contributed by atoms with Gasteiger partial charge in [-0.2, -0.15) is 4.68 Å². The van der Waals surface area contributed by atoms with E-state index in [9.17, 15) is 4.79 Å². The number of ether oxygens (including phenoxy) is 1. The van der Waals surface area contributed by atoms with E-state index in [1.165, 1.54) is 4.68 Å². The van der Waals surface area contributed by atoms with Crippen LogP contribution < -0.4 is 4.74 Å². The molecule has 3 rings (SSSR count).